The molecule has 0 amide bonds. The summed E-state index contributed by atoms with van der Waals surface area (Å²) in [7, 11) is 2.04. The van der Waals surface area contributed by atoms with E-state index in [2.05, 4.69) is 17.4 Å². The molecule has 0 spiro atoms. The van der Waals surface area contributed by atoms with Crippen LogP contribution in [0.15, 0.2) is 24.3 Å². The molecule has 2 heteroatoms. The molecule has 0 bridgehead atoms. The first-order valence-electron chi connectivity index (χ1n) is 5.34. The fourth-order valence-corrected chi connectivity index (χ4v) is 2.15. The van der Waals surface area contributed by atoms with E-state index in [-0.39, 0.29) is 0 Å². The van der Waals surface area contributed by atoms with Gasteiger partial charge in [0.2, 0.25) is 0 Å². The van der Waals surface area contributed by atoms with E-state index in [0.29, 0.717) is 6.04 Å². The molecule has 0 heterocycles. The number of anilines is 1. The van der Waals surface area contributed by atoms with Crippen molar-refractivity contribution in [3.05, 3.63) is 29.8 Å². The van der Waals surface area contributed by atoms with E-state index in [0.717, 1.165) is 11.6 Å². The number of hydrogen-bond acceptors (Lipinski definition) is 2. The summed E-state index contributed by atoms with van der Waals surface area (Å²) in [6.45, 7) is 0. The van der Waals surface area contributed by atoms with Crippen molar-refractivity contribution in [3.63, 3.8) is 0 Å². The van der Waals surface area contributed by atoms with Gasteiger partial charge in [0, 0.05) is 11.7 Å². The zero-order valence-electron chi connectivity index (χ0n) is 8.66. The predicted octanol–water partition coefficient (Wildman–Crippen LogP) is 2.33. The second-order valence-electron chi connectivity index (χ2n) is 4.12. The van der Waals surface area contributed by atoms with Gasteiger partial charge >= 0.3 is 0 Å². The lowest BCUT2D eigenvalue weighted by atomic mass is 9.77. The molecule has 1 unspecified atom stereocenters. The number of nitrogens with one attached hydrogen (secondary N) is 1. The molecule has 1 aliphatic rings. The van der Waals surface area contributed by atoms with E-state index in [4.69, 9.17) is 5.73 Å². The van der Waals surface area contributed by atoms with E-state index in [1.165, 1.54) is 24.8 Å². The third-order valence-corrected chi connectivity index (χ3v) is 3.23. The molecule has 1 aliphatic carbocycles. The fraction of sp³-hybridized carbons (Fsp3) is 0.500. The summed E-state index contributed by atoms with van der Waals surface area (Å²) in [4.78, 5) is 0. The number of nitrogens with two attached hydrogens (primary N) is 1. The Morgan fingerprint density at radius 1 is 1.29 bits per heavy atom. The fourth-order valence-electron chi connectivity index (χ4n) is 2.15. The average molecular weight is 190 g/mol. The Labute approximate surface area is 85.5 Å². The third kappa shape index (κ3) is 1.75. The summed E-state index contributed by atoms with van der Waals surface area (Å²) in [6, 6.07) is 8.75. The lowest BCUT2D eigenvalue weighted by Crippen LogP contribution is -2.29. The van der Waals surface area contributed by atoms with E-state index in [9.17, 15) is 0 Å². The third-order valence-electron chi connectivity index (χ3n) is 3.23. The minimum absolute atomic E-state index is 0.518. The molecular weight excluding hydrogens is 172 g/mol. The maximum Gasteiger partial charge on any atom is 0.0346 e. The summed E-state index contributed by atoms with van der Waals surface area (Å²) in [6.07, 6.45) is 4.10. The molecule has 1 aromatic rings. The molecule has 1 saturated carbocycles. The van der Waals surface area contributed by atoms with Gasteiger partial charge in [0.25, 0.3) is 0 Å². The molecular formula is C12H18N2. The first-order valence-corrected chi connectivity index (χ1v) is 5.34. The smallest absolute Gasteiger partial charge is 0.0346 e. The van der Waals surface area contributed by atoms with Crippen LogP contribution in [0.25, 0.3) is 0 Å². The van der Waals surface area contributed by atoms with Crippen molar-refractivity contribution in [1.82, 2.24) is 5.32 Å². The minimum atomic E-state index is 0.518. The van der Waals surface area contributed by atoms with Gasteiger partial charge in [0.1, 0.15) is 0 Å². The zero-order chi connectivity index (χ0) is 9.97. The topological polar surface area (TPSA) is 38.0 Å². The van der Waals surface area contributed by atoms with Crippen LogP contribution in [0.2, 0.25) is 0 Å². The van der Waals surface area contributed by atoms with E-state index in [1.54, 1.807) is 0 Å². The van der Waals surface area contributed by atoms with Gasteiger partial charge in [-0.25, -0.2) is 0 Å². The quantitative estimate of drug-likeness (QED) is 0.718. The molecule has 2 rings (SSSR count). The zero-order valence-corrected chi connectivity index (χ0v) is 8.66. The molecule has 14 heavy (non-hydrogen) atoms. The number of hydrogen-bond donors (Lipinski definition) is 2. The molecule has 0 aromatic heterocycles. The van der Waals surface area contributed by atoms with Crippen LogP contribution in [0, 0.1) is 5.92 Å². The van der Waals surface area contributed by atoms with Crippen LogP contribution in [-0.2, 0) is 0 Å². The maximum atomic E-state index is 5.67. The second-order valence-corrected chi connectivity index (χ2v) is 4.12. The Morgan fingerprint density at radius 3 is 2.36 bits per heavy atom. The minimum Gasteiger partial charge on any atom is -0.399 e. The Balaban J connectivity index is 2.14. The largest absolute Gasteiger partial charge is 0.399 e. The Morgan fingerprint density at radius 2 is 1.93 bits per heavy atom. The molecule has 1 aromatic carbocycles. The standard InChI is InChI=1S/C12H18N2/c1-14-12(9-3-2-4-9)10-5-7-11(13)8-6-10/h5-9,12,14H,2-4,13H2,1H3. The summed E-state index contributed by atoms with van der Waals surface area (Å²) < 4.78 is 0. The highest BCUT2D eigenvalue weighted by molar-refractivity contribution is 5.40. The van der Waals surface area contributed by atoms with Crippen molar-refractivity contribution in [3.8, 4) is 0 Å². The van der Waals surface area contributed by atoms with Crippen molar-refractivity contribution in [2.45, 2.75) is 25.3 Å². The van der Waals surface area contributed by atoms with Crippen LogP contribution in [0.5, 0.6) is 0 Å². The highest BCUT2D eigenvalue weighted by Gasteiger charge is 2.26. The van der Waals surface area contributed by atoms with Gasteiger partial charge in [0.15, 0.2) is 0 Å². The van der Waals surface area contributed by atoms with E-state index in [1.807, 2.05) is 19.2 Å². The van der Waals surface area contributed by atoms with Gasteiger partial charge < -0.3 is 11.1 Å². The van der Waals surface area contributed by atoms with Gasteiger partial charge in [-0.3, -0.25) is 0 Å². The Hall–Kier alpha value is -1.02. The van der Waals surface area contributed by atoms with Crippen molar-refractivity contribution >= 4 is 5.69 Å². The average Bonchev–Trinajstić information content (AvgIpc) is 2.13. The van der Waals surface area contributed by atoms with Crippen LogP contribution in [0.3, 0.4) is 0 Å². The lowest BCUT2D eigenvalue weighted by Gasteiger charge is -2.34. The van der Waals surface area contributed by atoms with Crippen LogP contribution in [0.4, 0.5) is 5.69 Å². The number of nitrogen functional groups attached to an aromatic ring is 1. The first kappa shape index (κ1) is 9.53. The van der Waals surface area contributed by atoms with E-state index >= 15 is 0 Å². The predicted molar refractivity (Wildman–Crippen MR) is 60.0 cm³/mol. The van der Waals surface area contributed by atoms with Crippen LogP contribution < -0.4 is 11.1 Å². The van der Waals surface area contributed by atoms with Crippen molar-refractivity contribution in [2.75, 3.05) is 12.8 Å². The molecule has 1 fully saturated rings. The van der Waals surface area contributed by atoms with E-state index < -0.39 is 0 Å². The van der Waals surface area contributed by atoms with Gasteiger partial charge in [-0.1, -0.05) is 18.6 Å². The molecule has 1 atom stereocenters. The molecule has 0 aliphatic heterocycles. The Kier molecular flexibility index (Phi) is 2.73. The first-order chi connectivity index (χ1) is 6.81. The van der Waals surface area contributed by atoms with Crippen molar-refractivity contribution in [1.29, 1.82) is 0 Å². The SMILES string of the molecule is CNC(c1ccc(N)cc1)C1CCC1. The summed E-state index contributed by atoms with van der Waals surface area (Å²) in [5.74, 6) is 0.823. The molecule has 0 saturated heterocycles. The van der Waals surface area contributed by atoms with Crippen LogP contribution in [-0.4, -0.2) is 7.05 Å². The van der Waals surface area contributed by atoms with Crippen molar-refractivity contribution < 1.29 is 0 Å². The Bertz CT molecular complexity index is 288. The number of benzene rings is 1. The van der Waals surface area contributed by atoms with Gasteiger partial charge in [-0.2, -0.15) is 0 Å². The van der Waals surface area contributed by atoms with Gasteiger partial charge in [0.05, 0.1) is 0 Å². The van der Waals surface area contributed by atoms with Gasteiger partial charge in [-0.15, -0.1) is 0 Å². The summed E-state index contributed by atoms with van der Waals surface area (Å²) >= 11 is 0. The highest BCUT2D eigenvalue weighted by Crippen LogP contribution is 2.37. The molecule has 2 nitrogen and oxygen atoms in total. The molecule has 76 valence electrons. The molecule has 0 radical (unpaired) electrons. The highest BCUT2D eigenvalue weighted by atomic mass is 14.9. The second kappa shape index (κ2) is 4.01. The number of rotatable bonds is 3. The molecule has 3 N–H and O–H groups in total. The normalized spacial score (nSPS) is 18.9. The monoisotopic (exact) mass is 190 g/mol. The lowest BCUT2D eigenvalue weighted by molar-refractivity contribution is 0.239. The van der Waals surface area contributed by atoms with Gasteiger partial charge in [-0.05, 0) is 43.5 Å². The van der Waals surface area contributed by atoms with Crippen LogP contribution in [0.1, 0.15) is 30.9 Å². The summed E-state index contributed by atoms with van der Waals surface area (Å²) in [5, 5.41) is 3.40. The maximum absolute atomic E-state index is 5.67. The van der Waals surface area contributed by atoms with Crippen molar-refractivity contribution in [2.24, 2.45) is 5.92 Å². The summed E-state index contributed by atoms with van der Waals surface area (Å²) in [5.41, 5.74) is 7.88. The van der Waals surface area contributed by atoms with Crippen LogP contribution >= 0.6 is 0 Å².